The first kappa shape index (κ1) is 25.4. The first-order valence-electron chi connectivity index (χ1n) is 14.8. The Morgan fingerprint density at radius 1 is 0.465 bits per heavy atom. The summed E-state index contributed by atoms with van der Waals surface area (Å²) in [5, 5.41) is 2.53. The second kappa shape index (κ2) is 9.89. The maximum Gasteiger partial charge on any atom is 0.160 e. The van der Waals surface area contributed by atoms with E-state index in [0.29, 0.717) is 0 Å². The summed E-state index contributed by atoms with van der Waals surface area (Å²) in [4.78, 5) is 10.4. The Labute approximate surface area is 252 Å². The molecule has 7 aromatic rings. The van der Waals surface area contributed by atoms with Crippen LogP contribution >= 0.6 is 0 Å². The van der Waals surface area contributed by atoms with Gasteiger partial charge in [-0.3, -0.25) is 0 Å². The van der Waals surface area contributed by atoms with Gasteiger partial charge >= 0.3 is 0 Å². The van der Waals surface area contributed by atoms with Crippen molar-refractivity contribution in [2.75, 3.05) is 0 Å². The molecule has 6 aromatic carbocycles. The van der Waals surface area contributed by atoms with Crippen LogP contribution in [0.2, 0.25) is 0 Å². The zero-order valence-electron chi connectivity index (χ0n) is 24.3. The van der Waals surface area contributed by atoms with E-state index in [1.165, 1.54) is 44.2 Å². The molecule has 1 aliphatic carbocycles. The normalized spacial score (nSPS) is 13.1. The molecule has 0 spiro atoms. The van der Waals surface area contributed by atoms with E-state index < -0.39 is 0 Å². The first-order valence-corrected chi connectivity index (χ1v) is 14.8. The summed E-state index contributed by atoms with van der Waals surface area (Å²) in [5.74, 6) is 0.727. The molecule has 0 N–H and O–H groups in total. The third-order valence-corrected chi connectivity index (χ3v) is 8.84. The van der Waals surface area contributed by atoms with Gasteiger partial charge in [0.05, 0.1) is 11.4 Å². The zero-order chi connectivity index (χ0) is 29.0. The summed E-state index contributed by atoms with van der Waals surface area (Å²) < 4.78 is 0. The molecule has 0 unspecified atom stereocenters. The summed E-state index contributed by atoms with van der Waals surface area (Å²) in [5.41, 5.74) is 12.6. The van der Waals surface area contributed by atoms with Crippen LogP contribution < -0.4 is 0 Å². The summed E-state index contributed by atoms with van der Waals surface area (Å²) in [7, 11) is 0. The molecule has 0 bridgehead atoms. The van der Waals surface area contributed by atoms with Gasteiger partial charge in [0.15, 0.2) is 5.82 Å². The van der Waals surface area contributed by atoms with Crippen LogP contribution in [0.3, 0.4) is 0 Å². The molecular formula is C41H30N2. The van der Waals surface area contributed by atoms with Gasteiger partial charge in [-0.2, -0.15) is 0 Å². The molecule has 0 saturated carbocycles. The fraction of sp³-hybridized carbons (Fsp3) is 0.0732. The lowest BCUT2D eigenvalue weighted by Crippen LogP contribution is -2.15. The smallest absolute Gasteiger partial charge is 0.160 e. The van der Waals surface area contributed by atoms with Crippen LogP contribution in [-0.4, -0.2) is 9.97 Å². The molecule has 2 heteroatoms. The van der Waals surface area contributed by atoms with Crippen molar-refractivity contribution in [3.63, 3.8) is 0 Å². The molecule has 0 radical (unpaired) electrons. The second-order valence-corrected chi connectivity index (χ2v) is 11.8. The molecule has 0 aliphatic heterocycles. The van der Waals surface area contributed by atoms with Crippen LogP contribution in [0.1, 0.15) is 25.0 Å². The minimum Gasteiger partial charge on any atom is -0.228 e. The van der Waals surface area contributed by atoms with Crippen molar-refractivity contribution < 1.29 is 0 Å². The second-order valence-electron chi connectivity index (χ2n) is 11.8. The highest BCUT2D eigenvalue weighted by Crippen LogP contribution is 2.54. The number of aromatic nitrogens is 2. The Bertz CT molecular complexity index is 2140. The highest BCUT2D eigenvalue weighted by atomic mass is 14.9. The van der Waals surface area contributed by atoms with Crippen molar-refractivity contribution in [2.24, 2.45) is 0 Å². The summed E-state index contributed by atoms with van der Waals surface area (Å²) in [6, 6.07) is 51.6. The lowest BCUT2D eigenvalue weighted by atomic mass is 9.79. The monoisotopic (exact) mass is 550 g/mol. The van der Waals surface area contributed by atoms with E-state index in [4.69, 9.17) is 9.97 Å². The maximum atomic E-state index is 5.27. The Hall–Kier alpha value is -5.34. The van der Waals surface area contributed by atoms with Crippen molar-refractivity contribution >= 4 is 10.8 Å². The predicted molar refractivity (Wildman–Crippen MR) is 179 cm³/mol. The SMILES string of the molecule is CC1(C)c2ccccc2-c2c(-c3cc(-c4cccc(-c5ccccc5)c4)nc(-c4ccccc4)n3)cc3ccccc3c21. The molecule has 8 rings (SSSR count). The molecule has 1 aromatic heterocycles. The van der Waals surface area contributed by atoms with Crippen LogP contribution in [0.5, 0.6) is 0 Å². The minimum absolute atomic E-state index is 0.135. The van der Waals surface area contributed by atoms with Crippen LogP contribution in [0.4, 0.5) is 0 Å². The van der Waals surface area contributed by atoms with Gasteiger partial charge in [0.2, 0.25) is 0 Å². The Balaban J connectivity index is 1.42. The lowest BCUT2D eigenvalue weighted by Gasteiger charge is -2.24. The Kier molecular flexibility index (Phi) is 5.84. The van der Waals surface area contributed by atoms with Crippen LogP contribution in [0, 0.1) is 0 Å². The molecule has 0 saturated heterocycles. The average molecular weight is 551 g/mol. The van der Waals surface area contributed by atoms with Gasteiger partial charge in [-0.25, -0.2) is 9.97 Å². The molecule has 2 nitrogen and oxygen atoms in total. The number of rotatable bonds is 4. The van der Waals surface area contributed by atoms with Crippen LogP contribution in [0.15, 0.2) is 146 Å². The molecule has 0 atom stereocenters. The van der Waals surface area contributed by atoms with Gasteiger partial charge in [-0.05, 0) is 62.4 Å². The third kappa shape index (κ3) is 4.18. The fourth-order valence-electron chi connectivity index (χ4n) is 6.80. The number of fused-ring (bicyclic) bond motifs is 5. The summed E-state index contributed by atoms with van der Waals surface area (Å²) in [6.07, 6.45) is 0. The van der Waals surface area contributed by atoms with E-state index in [1.807, 2.05) is 18.2 Å². The molecule has 1 aliphatic rings. The molecule has 43 heavy (non-hydrogen) atoms. The number of benzene rings is 6. The predicted octanol–water partition coefficient (Wildman–Crippen LogP) is 10.6. The molecule has 1 heterocycles. The van der Waals surface area contributed by atoms with Crippen molar-refractivity contribution in [1.82, 2.24) is 9.97 Å². The van der Waals surface area contributed by atoms with Gasteiger partial charge in [-0.1, -0.05) is 141 Å². The summed E-state index contributed by atoms with van der Waals surface area (Å²) in [6.45, 7) is 4.70. The third-order valence-electron chi connectivity index (χ3n) is 8.84. The highest BCUT2D eigenvalue weighted by Gasteiger charge is 2.38. The topological polar surface area (TPSA) is 25.8 Å². The van der Waals surface area contributed by atoms with E-state index in [2.05, 4.69) is 141 Å². The molecule has 0 amide bonds. The largest absolute Gasteiger partial charge is 0.228 e. The lowest BCUT2D eigenvalue weighted by molar-refractivity contribution is 0.666. The quantitative estimate of drug-likeness (QED) is 0.218. The van der Waals surface area contributed by atoms with Crippen molar-refractivity contribution in [3.8, 4) is 56.2 Å². The number of hydrogen-bond acceptors (Lipinski definition) is 2. The zero-order valence-corrected chi connectivity index (χ0v) is 24.3. The van der Waals surface area contributed by atoms with Crippen molar-refractivity contribution in [2.45, 2.75) is 19.3 Å². The van der Waals surface area contributed by atoms with E-state index in [9.17, 15) is 0 Å². The molecular weight excluding hydrogens is 520 g/mol. The molecule has 204 valence electrons. The van der Waals surface area contributed by atoms with Gasteiger partial charge in [0.25, 0.3) is 0 Å². The highest BCUT2D eigenvalue weighted by molar-refractivity contribution is 6.04. The van der Waals surface area contributed by atoms with Crippen molar-refractivity contribution in [3.05, 3.63) is 157 Å². The summed E-state index contributed by atoms with van der Waals surface area (Å²) >= 11 is 0. The Morgan fingerprint density at radius 3 is 1.91 bits per heavy atom. The molecule has 0 fully saturated rings. The van der Waals surface area contributed by atoms with E-state index in [1.54, 1.807) is 0 Å². The van der Waals surface area contributed by atoms with Gasteiger partial charge in [0, 0.05) is 22.1 Å². The maximum absolute atomic E-state index is 5.27. The van der Waals surface area contributed by atoms with E-state index in [0.717, 1.165) is 33.9 Å². The van der Waals surface area contributed by atoms with Crippen LogP contribution in [-0.2, 0) is 5.41 Å². The first-order chi connectivity index (χ1) is 21.1. The van der Waals surface area contributed by atoms with Gasteiger partial charge in [-0.15, -0.1) is 0 Å². The van der Waals surface area contributed by atoms with Crippen LogP contribution in [0.25, 0.3) is 66.9 Å². The average Bonchev–Trinajstić information content (AvgIpc) is 3.32. The number of nitrogens with zero attached hydrogens (tertiary/aromatic N) is 2. The fourth-order valence-corrected chi connectivity index (χ4v) is 6.80. The standard InChI is InChI=1S/C41H30N2/c1-41(2)35-23-12-11-22-33(35)38-34(25-30-18-9-10-21-32(30)39(38)41)37-26-36(42-40(43-37)28-16-7-4-8-17-28)31-20-13-19-29(24-31)27-14-5-3-6-15-27/h3-26H,1-2H3. The van der Waals surface area contributed by atoms with E-state index in [-0.39, 0.29) is 5.41 Å². The number of hydrogen-bond donors (Lipinski definition) is 0. The minimum atomic E-state index is -0.135. The Morgan fingerprint density at radius 2 is 1.09 bits per heavy atom. The van der Waals surface area contributed by atoms with Gasteiger partial charge in [0.1, 0.15) is 0 Å². The van der Waals surface area contributed by atoms with Crippen molar-refractivity contribution in [1.29, 1.82) is 0 Å². The van der Waals surface area contributed by atoms with E-state index >= 15 is 0 Å². The van der Waals surface area contributed by atoms with Gasteiger partial charge < -0.3 is 0 Å².